The summed E-state index contributed by atoms with van der Waals surface area (Å²) in [6.07, 6.45) is 11.7. The summed E-state index contributed by atoms with van der Waals surface area (Å²) in [7, 11) is 1.62. The highest BCUT2D eigenvalue weighted by Crippen LogP contribution is 2.44. The second-order valence-electron chi connectivity index (χ2n) is 15.1. The molecule has 2 atom stereocenters. The third kappa shape index (κ3) is 9.22. The van der Waals surface area contributed by atoms with E-state index < -0.39 is 0 Å². The molecule has 4 aromatic heterocycles. The highest BCUT2D eigenvalue weighted by molar-refractivity contribution is 8.14. The van der Waals surface area contributed by atoms with Crippen molar-refractivity contribution in [1.29, 1.82) is 10.5 Å². The molecule has 0 saturated heterocycles. The van der Waals surface area contributed by atoms with E-state index in [1.807, 2.05) is 12.1 Å². The Balaban J connectivity index is 0.000000197. The molecule has 5 aromatic rings. The molecule has 1 aromatic carbocycles. The van der Waals surface area contributed by atoms with Gasteiger partial charge in [0.05, 0.1) is 35.7 Å². The number of hydrogen-bond donors (Lipinski definition) is 1. The SMILES string of the molecule is CCCCN(CC#N)C(=O)C1CCc2c(sc3ncnc(Cl)c23)C1.CCCCN(CC#N)C(=O)C1CCc2c(sc3ncnc(Nc4cc5c(cc4OC)CC(=O)S5)c23)C1. The minimum absolute atomic E-state index is 0.0532. The maximum absolute atomic E-state index is 13.2. The molecule has 2 aliphatic carbocycles. The van der Waals surface area contributed by atoms with E-state index in [1.54, 1.807) is 45.9 Å². The van der Waals surface area contributed by atoms with Crippen molar-refractivity contribution in [3.05, 3.63) is 56.4 Å². The number of fused-ring (bicyclic) bond motifs is 7. The number of nitriles is 2. The number of benzene rings is 1. The molecular formula is C43H46ClN9O4S3. The largest absolute Gasteiger partial charge is 0.495 e. The first-order chi connectivity index (χ1) is 29.2. The number of thiophene rings is 2. The molecule has 3 aliphatic rings. The molecule has 13 nitrogen and oxygen atoms in total. The van der Waals surface area contributed by atoms with E-state index in [4.69, 9.17) is 21.6 Å². The molecule has 0 saturated carbocycles. The second kappa shape index (κ2) is 19.7. The van der Waals surface area contributed by atoms with Crippen LogP contribution in [0.4, 0.5) is 11.5 Å². The number of thioether (sulfide) groups is 1. The monoisotopic (exact) mass is 883 g/mol. The lowest BCUT2D eigenvalue weighted by Gasteiger charge is -2.28. The van der Waals surface area contributed by atoms with E-state index in [0.717, 1.165) is 92.8 Å². The molecule has 8 rings (SSSR count). The molecule has 17 heteroatoms. The van der Waals surface area contributed by atoms with E-state index in [0.29, 0.717) is 49.1 Å². The summed E-state index contributed by atoms with van der Waals surface area (Å²) in [4.78, 5) is 63.9. The highest BCUT2D eigenvalue weighted by Gasteiger charge is 2.33. The third-order valence-corrected chi connectivity index (χ3v) is 14.8. The molecule has 2 amide bonds. The smallest absolute Gasteiger partial charge is 0.226 e. The Labute approximate surface area is 366 Å². The number of unbranched alkanes of at least 4 members (excludes halogenated alkanes) is 2. The summed E-state index contributed by atoms with van der Waals surface area (Å²) in [5, 5.41) is 24.2. The summed E-state index contributed by atoms with van der Waals surface area (Å²) in [5.74, 6) is 1.37. The van der Waals surface area contributed by atoms with Gasteiger partial charge >= 0.3 is 0 Å². The lowest BCUT2D eigenvalue weighted by atomic mass is 9.86. The Morgan fingerprint density at radius 1 is 0.867 bits per heavy atom. The number of rotatable bonds is 13. The number of aryl methyl sites for hydroxylation is 2. The lowest BCUT2D eigenvalue weighted by molar-refractivity contribution is -0.136. The zero-order chi connectivity index (χ0) is 42.3. The van der Waals surface area contributed by atoms with Crippen LogP contribution in [0.3, 0.4) is 0 Å². The standard InChI is InChI=1S/C26H27N5O3S2.C17H19ClN4OS/c1-3-4-8-31(9-7-27)26(33)15-5-6-17-21(11-15)36-25-23(17)24(28-14-29-25)30-18-13-20-16(10-19(18)34-2)12-22(32)35-20;1-2-3-7-22(8-6-19)17(23)11-4-5-12-13(9-11)24-16-14(12)15(18)20-10-21-16/h10,13-15H,3-6,8-9,11-12H2,1-2H3,(H,28,29,30);10-11H,2-5,7-9H2,1H3. The van der Waals surface area contributed by atoms with Crippen molar-refractivity contribution < 1.29 is 19.1 Å². The number of carbonyl (C=O) groups excluding carboxylic acids is 3. The van der Waals surface area contributed by atoms with Crippen LogP contribution in [0.1, 0.15) is 78.8 Å². The van der Waals surface area contributed by atoms with Crippen LogP contribution in [0.15, 0.2) is 29.7 Å². The van der Waals surface area contributed by atoms with Gasteiger partial charge in [0.25, 0.3) is 0 Å². The number of ether oxygens (including phenoxy) is 1. The van der Waals surface area contributed by atoms with Crippen molar-refractivity contribution >= 4 is 94.9 Å². The molecule has 5 heterocycles. The van der Waals surface area contributed by atoms with Crippen LogP contribution < -0.4 is 10.1 Å². The summed E-state index contributed by atoms with van der Waals surface area (Å²) in [5.41, 5.74) is 4.12. The molecule has 1 N–H and O–H groups in total. The van der Waals surface area contributed by atoms with Crippen LogP contribution in [-0.2, 0) is 46.5 Å². The summed E-state index contributed by atoms with van der Waals surface area (Å²) in [6.45, 7) is 5.78. The Morgan fingerprint density at radius 2 is 1.43 bits per heavy atom. The molecular weight excluding hydrogens is 838 g/mol. The van der Waals surface area contributed by atoms with Crippen molar-refractivity contribution in [2.45, 2.75) is 89.4 Å². The maximum atomic E-state index is 13.2. The van der Waals surface area contributed by atoms with Gasteiger partial charge in [0, 0.05) is 46.0 Å². The Bertz CT molecular complexity index is 2510. The Kier molecular flexibility index (Phi) is 14.2. The topological polar surface area (TPSA) is 178 Å². The fourth-order valence-electron chi connectivity index (χ4n) is 8.16. The molecule has 60 heavy (non-hydrogen) atoms. The van der Waals surface area contributed by atoms with E-state index in [2.05, 4.69) is 51.2 Å². The predicted molar refractivity (Wildman–Crippen MR) is 236 cm³/mol. The number of nitrogens with one attached hydrogen (secondary N) is 1. The minimum atomic E-state index is -0.119. The number of anilines is 2. The molecule has 0 radical (unpaired) electrons. The maximum Gasteiger partial charge on any atom is 0.226 e. The molecule has 1 aliphatic heterocycles. The van der Waals surface area contributed by atoms with Crippen molar-refractivity contribution in [1.82, 2.24) is 29.7 Å². The molecule has 0 bridgehead atoms. The number of halogens is 1. The number of nitrogens with zero attached hydrogens (tertiary/aromatic N) is 8. The number of methoxy groups -OCH3 is 1. The Morgan fingerprint density at radius 3 is 2.00 bits per heavy atom. The first-order valence-corrected chi connectivity index (χ1v) is 23.2. The molecule has 0 spiro atoms. The number of aromatic nitrogens is 4. The first-order valence-electron chi connectivity index (χ1n) is 20.3. The zero-order valence-corrected chi connectivity index (χ0v) is 37.1. The fourth-order valence-corrected chi connectivity index (χ4v) is 11.9. The fraction of sp³-hybridized carbons (Fsp3) is 0.465. The van der Waals surface area contributed by atoms with Crippen molar-refractivity contribution in [3.63, 3.8) is 0 Å². The van der Waals surface area contributed by atoms with Gasteiger partial charge in [-0.1, -0.05) is 50.1 Å². The van der Waals surface area contributed by atoms with Crippen LogP contribution in [0.5, 0.6) is 5.75 Å². The van der Waals surface area contributed by atoms with E-state index in [9.17, 15) is 19.6 Å². The van der Waals surface area contributed by atoms with Crippen molar-refractivity contribution in [3.8, 4) is 17.9 Å². The lowest BCUT2D eigenvalue weighted by Crippen LogP contribution is -2.39. The second-order valence-corrected chi connectivity index (χ2v) is 18.7. The van der Waals surface area contributed by atoms with Gasteiger partial charge in [-0.2, -0.15) is 10.5 Å². The number of amides is 2. The van der Waals surface area contributed by atoms with E-state index >= 15 is 0 Å². The number of carbonyl (C=O) groups is 3. The summed E-state index contributed by atoms with van der Waals surface area (Å²) in [6, 6.07) is 8.13. The van der Waals surface area contributed by atoms with Crippen molar-refractivity contribution in [2.75, 3.05) is 38.6 Å². The van der Waals surface area contributed by atoms with Gasteiger partial charge in [-0.3, -0.25) is 14.4 Å². The molecule has 312 valence electrons. The average molecular weight is 885 g/mol. The summed E-state index contributed by atoms with van der Waals surface area (Å²) >= 11 is 10.7. The van der Waals surface area contributed by atoms with Crippen LogP contribution in [0, 0.1) is 34.5 Å². The van der Waals surface area contributed by atoms with Crippen LogP contribution >= 0.6 is 46.0 Å². The quantitative estimate of drug-likeness (QED) is 0.0882. The van der Waals surface area contributed by atoms with E-state index in [-0.39, 0.29) is 41.9 Å². The van der Waals surface area contributed by atoms with Crippen molar-refractivity contribution in [2.24, 2.45) is 11.8 Å². The highest BCUT2D eigenvalue weighted by atomic mass is 35.5. The van der Waals surface area contributed by atoms with E-state index in [1.165, 1.54) is 34.1 Å². The zero-order valence-electron chi connectivity index (χ0n) is 33.9. The number of hydrogen-bond acceptors (Lipinski definition) is 14. The predicted octanol–water partition coefficient (Wildman–Crippen LogP) is 8.48. The van der Waals surface area contributed by atoms with Gasteiger partial charge in [0.1, 0.15) is 52.1 Å². The van der Waals surface area contributed by atoms with Gasteiger partial charge in [-0.15, -0.1) is 22.7 Å². The van der Waals surface area contributed by atoms with Gasteiger partial charge < -0.3 is 19.9 Å². The molecule has 2 unspecified atom stereocenters. The van der Waals surface area contributed by atoms with Gasteiger partial charge in [0.2, 0.25) is 11.8 Å². The minimum Gasteiger partial charge on any atom is -0.495 e. The Hall–Kier alpha value is -4.87. The van der Waals surface area contributed by atoms with Crippen LogP contribution in [0.2, 0.25) is 5.15 Å². The van der Waals surface area contributed by atoms with Crippen LogP contribution in [-0.4, -0.2) is 80.0 Å². The normalized spacial score (nSPS) is 16.5. The van der Waals surface area contributed by atoms with Gasteiger partial charge in [-0.05, 0) is 80.2 Å². The van der Waals surface area contributed by atoms with Crippen LogP contribution in [0.25, 0.3) is 20.4 Å². The average Bonchev–Trinajstić information content (AvgIpc) is 3.95. The first kappa shape index (κ1) is 43.2. The van der Waals surface area contributed by atoms with Gasteiger partial charge in [0.15, 0.2) is 5.12 Å². The summed E-state index contributed by atoms with van der Waals surface area (Å²) < 4.78 is 5.61. The van der Waals surface area contributed by atoms with Gasteiger partial charge in [-0.25, -0.2) is 19.9 Å². The molecule has 0 fully saturated rings. The third-order valence-electron chi connectivity index (χ3n) is 11.2.